The highest BCUT2D eigenvalue weighted by molar-refractivity contribution is 6.30. The highest BCUT2D eigenvalue weighted by Crippen LogP contribution is 2.69. The van der Waals surface area contributed by atoms with Gasteiger partial charge in [-0.1, -0.05) is 11.6 Å². The third-order valence-electron chi connectivity index (χ3n) is 6.08. The number of amides is 2. The number of hydrogen-bond donors (Lipinski definition) is 2. The van der Waals surface area contributed by atoms with Crippen molar-refractivity contribution in [1.29, 1.82) is 0 Å². The van der Waals surface area contributed by atoms with Crippen LogP contribution in [0.2, 0.25) is 5.02 Å². The van der Waals surface area contributed by atoms with Gasteiger partial charge in [-0.2, -0.15) is 0 Å². The number of pyridine rings is 1. The van der Waals surface area contributed by atoms with E-state index in [1.807, 2.05) is 26.0 Å². The summed E-state index contributed by atoms with van der Waals surface area (Å²) in [5.74, 6) is -1.28. The van der Waals surface area contributed by atoms with Gasteiger partial charge in [0.15, 0.2) is 6.10 Å². The van der Waals surface area contributed by atoms with E-state index in [9.17, 15) is 14.0 Å². The van der Waals surface area contributed by atoms with Crippen molar-refractivity contribution in [3.05, 3.63) is 58.1 Å². The van der Waals surface area contributed by atoms with Gasteiger partial charge in [-0.15, -0.1) is 0 Å². The van der Waals surface area contributed by atoms with E-state index in [4.69, 9.17) is 26.8 Å². The minimum atomic E-state index is -0.906. The number of carbonyl (C=O) groups excluding carboxylic acids is 2. The van der Waals surface area contributed by atoms with Crippen LogP contribution in [0, 0.1) is 25.1 Å². The van der Waals surface area contributed by atoms with Crippen LogP contribution >= 0.6 is 11.6 Å². The normalized spacial score (nSPS) is 24.1. The van der Waals surface area contributed by atoms with Gasteiger partial charge in [-0.25, -0.2) is 4.39 Å². The predicted molar refractivity (Wildman–Crippen MR) is 116 cm³/mol. The molecule has 0 aliphatic heterocycles. The minimum absolute atomic E-state index is 0.0309. The molecule has 1 atom stereocenters. The molecular formula is C23H25ClFN3O4. The number of benzene rings is 1. The van der Waals surface area contributed by atoms with E-state index in [2.05, 4.69) is 10.3 Å². The van der Waals surface area contributed by atoms with Crippen LogP contribution in [0.15, 0.2) is 30.3 Å². The number of rotatable bonds is 9. The van der Waals surface area contributed by atoms with Crippen LogP contribution in [0.3, 0.4) is 0 Å². The zero-order chi connectivity index (χ0) is 23.1. The monoisotopic (exact) mass is 461 g/mol. The summed E-state index contributed by atoms with van der Waals surface area (Å²) in [6.45, 7) is 4.08. The molecule has 9 heteroatoms. The molecule has 0 radical (unpaired) electrons. The first-order valence-electron chi connectivity index (χ1n) is 10.3. The van der Waals surface area contributed by atoms with Crippen molar-refractivity contribution in [2.45, 2.75) is 51.4 Å². The predicted octanol–water partition coefficient (Wildman–Crippen LogP) is 2.98. The first kappa shape index (κ1) is 22.5. The lowest BCUT2D eigenvalue weighted by Gasteiger charge is -2.71. The maximum atomic E-state index is 13.7. The molecule has 2 aromatic rings. The smallest absolute Gasteiger partial charge is 0.259 e. The van der Waals surface area contributed by atoms with Crippen LogP contribution in [0.5, 0.6) is 5.75 Å². The Bertz CT molecular complexity index is 1040. The van der Waals surface area contributed by atoms with Gasteiger partial charge in [-0.05, 0) is 62.9 Å². The molecule has 5 rings (SSSR count). The van der Waals surface area contributed by atoms with Crippen molar-refractivity contribution in [3.8, 4) is 5.75 Å². The van der Waals surface area contributed by atoms with Gasteiger partial charge >= 0.3 is 0 Å². The fourth-order valence-electron chi connectivity index (χ4n) is 5.05. The van der Waals surface area contributed by atoms with Gasteiger partial charge in [0, 0.05) is 28.4 Å². The minimum Gasteiger partial charge on any atom is -0.480 e. The third-order valence-corrected chi connectivity index (χ3v) is 6.39. The van der Waals surface area contributed by atoms with Gasteiger partial charge in [0.05, 0.1) is 11.6 Å². The maximum Gasteiger partial charge on any atom is 0.259 e. The van der Waals surface area contributed by atoms with E-state index >= 15 is 0 Å². The molecule has 2 bridgehead atoms. The average Bonchev–Trinajstić information content (AvgIpc) is 2.64. The van der Waals surface area contributed by atoms with Gasteiger partial charge in [0.1, 0.15) is 18.2 Å². The van der Waals surface area contributed by atoms with E-state index in [1.165, 1.54) is 12.1 Å². The second kappa shape index (κ2) is 8.33. The fourth-order valence-corrected chi connectivity index (χ4v) is 5.16. The third kappa shape index (κ3) is 4.42. The highest BCUT2D eigenvalue weighted by atomic mass is 35.5. The van der Waals surface area contributed by atoms with Gasteiger partial charge in [0.2, 0.25) is 5.91 Å². The molecule has 1 heterocycles. The number of nitrogens with zero attached hydrogens (tertiary/aromatic N) is 1. The number of hydrogen-bond acceptors (Lipinski definition) is 5. The van der Waals surface area contributed by atoms with E-state index < -0.39 is 23.2 Å². The van der Waals surface area contributed by atoms with Crippen molar-refractivity contribution >= 4 is 23.4 Å². The number of carbonyl (C=O) groups is 2. The van der Waals surface area contributed by atoms with Gasteiger partial charge in [0.25, 0.3) is 5.91 Å². The Morgan fingerprint density at radius 1 is 1.22 bits per heavy atom. The molecule has 170 valence electrons. The molecule has 1 unspecified atom stereocenters. The van der Waals surface area contributed by atoms with Crippen molar-refractivity contribution in [3.63, 3.8) is 0 Å². The zero-order valence-electron chi connectivity index (χ0n) is 17.9. The Balaban J connectivity index is 1.27. The van der Waals surface area contributed by atoms with E-state index in [-0.39, 0.29) is 28.8 Å². The lowest BCUT2D eigenvalue weighted by Crippen LogP contribution is -2.79. The summed E-state index contributed by atoms with van der Waals surface area (Å²) >= 11 is 5.69. The van der Waals surface area contributed by atoms with Crippen LogP contribution in [-0.2, 0) is 20.9 Å². The van der Waals surface area contributed by atoms with E-state index in [0.717, 1.165) is 23.0 Å². The number of nitrogens with two attached hydrogens (primary N) is 1. The van der Waals surface area contributed by atoms with Crippen molar-refractivity contribution in [1.82, 2.24) is 10.3 Å². The summed E-state index contributed by atoms with van der Waals surface area (Å²) in [5.41, 5.74) is 7.51. The number of aryl methyl sites for hydroxylation is 2. The van der Waals surface area contributed by atoms with Crippen LogP contribution in [0.25, 0.3) is 0 Å². The van der Waals surface area contributed by atoms with E-state index in [1.54, 1.807) is 0 Å². The van der Waals surface area contributed by atoms with Crippen molar-refractivity contribution in [2.24, 2.45) is 11.1 Å². The van der Waals surface area contributed by atoms with Crippen LogP contribution in [0.4, 0.5) is 4.39 Å². The van der Waals surface area contributed by atoms with Crippen LogP contribution < -0.4 is 15.8 Å². The summed E-state index contributed by atoms with van der Waals surface area (Å²) in [6, 6.07) is 7.83. The summed E-state index contributed by atoms with van der Waals surface area (Å²) in [4.78, 5) is 28.7. The quantitative estimate of drug-likeness (QED) is 0.597. The first-order chi connectivity index (χ1) is 15.1. The molecule has 2 amide bonds. The van der Waals surface area contributed by atoms with Gasteiger partial charge < -0.3 is 20.5 Å². The Morgan fingerprint density at radius 3 is 2.47 bits per heavy atom. The summed E-state index contributed by atoms with van der Waals surface area (Å²) in [5, 5.41) is 2.97. The SMILES string of the molecule is Cc1cc(COCC(=O)NC23CC(C(Oc4ccc(Cl)c(F)c4)C(N)=O)(C2)C3)cc(C)n1. The summed E-state index contributed by atoms with van der Waals surface area (Å²) in [7, 11) is 0. The molecule has 0 spiro atoms. The average molecular weight is 462 g/mol. The zero-order valence-corrected chi connectivity index (χ0v) is 18.7. The number of nitrogens with one attached hydrogen (secondary N) is 1. The number of ether oxygens (including phenoxy) is 2. The molecule has 7 nitrogen and oxygen atoms in total. The molecule has 1 aromatic carbocycles. The largest absolute Gasteiger partial charge is 0.480 e. The molecule has 3 aliphatic rings. The molecule has 3 saturated carbocycles. The highest BCUT2D eigenvalue weighted by Gasteiger charge is 2.73. The molecule has 3 N–H and O–H groups in total. The van der Waals surface area contributed by atoms with Crippen molar-refractivity contribution in [2.75, 3.05) is 6.61 Å². The lowest BCUT2D eigenvalue weighted by molar-refractivity contribution is -0.208. The summed E-state index contributed by atoms with van der Waals surface area (Å²) < 4.78 is 25.0. The Hall–Kier alpha value is -2.71. The standard InChI is InChI=1S/C23H25ClFN3O4/c1-13-5-15(6-14(2)27-13)8-31-9-19(29)28-23-10-22(11-23,12-23)20(21(26)30)32-16-3-4-17(24)18(25)7-16/h3-7,20H,8-12H2,1-2H3,(H2,26,30)(H,28,29). The van der Waals surface area contributed by atoms with Crippen LogP contribution in [-0.4, -0.2) is 35.0 Å². The molecule has 0 saturated heterocycles. The molecular weight excluding hydrogens is 437 g/mol. The molecule has 3 fully saturated rings. The number of aromatic nitrogens is 1. The van der Waals surface area contributed by atoms with Crippen molar-refractivity contribution < 1.29 is 23.5 Å². The second-order valence-corrected chi connectivity index (χ2v) is 9.36. The second-order valence-electron chi connectivity index (χ2n) is 8.95. The number of halogens is 2. The molecule has 32 heavy (non-hydrogen) atoms. The van der Waals surface area contributed by atoms with E-state index in [0.29, 0.717) is 25.9 Å². The lowest BCUT2D eigenvalue weighted by atomic mass is 9.37. The first-order valence-corrected chi connectivity index (χ1v) is 10.7. The molecule has 1 aromatic heterocycles. The summed E-state index contributed by atoms with van der Waals surface area (Å²) in [6.07, 6.45) is 0.797. The maximum absolute atomic E-state index is 13.7. The Kier molecular flexibility index (Phi) is 5.85. The van der Waals surface area contributed by atoms with Gasteiger partial charge in [-0.3, -0.25) is 14.6 Å². The Morgan fingerprint density at radius 2 is 1.88 bits per heavy atom. The number of primary amides is 1. The topological polar surface area (TPSA) is 104 Å². The molecule has 3 aliphatic carbocycles. The fraction of sp³-hybridized carbons (Fsp3) is 0.435. The van der Waals surface area contributed by atoms with Crippen LogP contribution in [0.1, 0.15) is 36.2 Å². The Labute approximate surface area is 190 Å².